The Balaban J connectivity index is 2.77. The van der Waals surface area contributed by atoms with Crippen LogP contribution in [0.3, 0.4) is 0 Å². The van der Waals surface area contributed by atoms with Crippen molar-refractivity contribution in [3.63, 3.8) is 0 Å². The van der Waals surface area contributed by atoms with Crippen molar-refractivity contribution in [2.24, 2.45) is 0 Å². The molecule has 0 aliphatic carbocycles. The Hall–Kier alpha value is -1.44. The van der Waals surface area contributed by atoms with Crippen LogP contribution in [0.15, 0.2) is 30.5 Å². The van der Waals surface area contributed by atoms with Crippen LogP contribution in [0, 0.1) is 5.82 Å². The third-order valence-corrected chi connectivity index (χ3v) is 2.31. The van der Waals surface area contributed by atoms with Gasteiger partial charge in [0.2, 0.25) is 0 Å². The van der Waals surface area contributed by atoms with Crippen molar-refractivity contribution in [3.8, 4) is 0 Å². The number of aromatic nitrogens is 1. The molecule has 1 aromatic carbocycles. The number of pyridine rings is 1. The Morgan fingerprint density at radius 2 is 2.00 bits per heavy atom. The highest BCUT2D eigenvalue weighted by molar-refractivity contribution is 5.84. The van der Waals surface area contributed by atoms with Crippen molar-refractivity contribution in [2.45, 2.75) is 19.8 Å². The van der Waals surface area contributed by atoms with E-state index in [2.05, 4.69) is 18.8 Å². The van der Waals surface area contributed by atoms with Crippen molar-refractivity contribution in [3.05, 3.63) is 42.0 Å². The summed E-state index contributed by atoms with van der Waals surface area (Å²) in [4.78, 5) is 4.28. The van der Waals surface area contributed by atoms with Gasteiger partial charge in [0.1, 0.15) is 5.82 Å². The summed E-state index contributed by atoms with van der Waals surface area (Å²) >= 11 is 0. The molecule has 0 aliphatic heterocycles. The number of fused-ring (bicyclic) bond motifs is 1. The number of nitrogens with zero attached hydrogens (tertiary/aromatic N) is 1. The van der Waals surface area contributed by atoms with Gasteiger partial charge in [-0.2, -0.15) is 0 Å². The molecule has 2 rings (SSSR count). The van der Waals surface area contributed by atoms with Gasteiger partial charge >= 0.3 is 0 Å². The standard InChI is InChI=1S/C12H12FN/c1-8(2)12-11-7-10(13)4-3-9(11)5-6-14-12/h3-8H,1-2H3. The second-order valence-corrected chi connectivity index (χ2v) is 3.72. The third-order valence-electron chi connectivity index (χ3n) is 2.31. The second-order valence-electron chi connectivity index (χ2n) is 3.72. The van der Waals surface area contributed by atoms with E-state index in [1.165, 1.54) is 6.07 Å². The molecule has 0 amide bonds. The van der Waals surface area contributed by atoms with Gasteiger partial charge in [-0.25, -0.2) is 4.39 Å². The van der Waals surface area contributed by atoms with Gasteiger partial charge in [0.05, 0.1) is 5.69 Å². The van der Waals surface area contributed by atoms with Crippen molar-refractivity contribution in [1.29, 1.82) is 0 Å². The minimum atomic E-state index is -0.201. The van der Waals surface area contributed by atoms with Crippen molar-refractivity contribution >= 4 is 10.8 Å². The highest BCUT2D eigenvalue weighted by atomic mass is 19.1. The number of benzene rings is 1. The number of hydrogen-bond acceptors (Lipinski definition) is 1. The highest BCUT2D eigenvalue weighted by Crippen LogP contribution is 2.23. The summed E-state index contributed by atoms with van der Waals surface area (Å²) < 4.78 is 13.1. The summed E-state index contributed by atoms with van der Waals surface area (Å²) in [6, 6.07) is 6.73. The zero-order valence-corrected chi connectivity index (χ0v) is 8.29. The first-order valence-electron chi connectivity index (χ1n) is 4.72. The van der Waals surface area contributed by atoms with Crippen LogP contribution in [0.2, 0.25) is 0 Å². The van der Waals surface area contributed by atoms with Gasteiger partial charge < -0.3 is 0 Å². The van der Waals surface area contributed by atoms with E-state index < -0.39 is 0 Å². The zero-order valence-electron chi connectivity index (χ0n) is 8.29. The fraction of sp³-hybridized carbons (Fsp3) is 0.250. The molecule has 1 nitrogen and oxygen atoms in total. The molecular weight excluding hydrogens is 177 g/mol. The lowest BCUT2D eigenvalue weighted by molar-refractivity contribution is 0.629. The highest BCUT2D eigenvalue weighted by Gasteiger charge is 2.06. The maximum Gasteiger partial charge on any atom is 0.123 e. The largest absolute Gasteiger partial charge is 0.260 e. The quantitative estimate of drug-likeness (QED) is 0.669. The average molecular weight is 189 g/mol. The normalized spacial score (nSPS) is 11.1. The van der Waals surface area contributed by atoms with Gasteiger partial charge in [0.25, 0.3) is 0 Å². The molecule has 72 valence electrons. The number of hydrogen-bond donors (Lipinski definition) is 0. The minimum absolute atomic E-state index is 0.201. The van der Waals surface area contributed by atoms with Gasteiger partial charge in [-0.3, -0.25) is 4.98 Å². The molecule has 2 heteroatoms. The molecule has 0 unspecified atom stereocenters. The van der Waals surface area contributed by atoms with Crippen LogP contribution in [0.1, 0.15) is 25.5 Å². The lowest BCUT2D eigenvalue weighted by Gasteiger charge is -2.08. The Morgan fingerprint density at radius 3 is 2.71 bits per heavy atom. The predicted molar refractivity (Wildman–Crippen MR) is 55.8 cm³/mol. The maximum atomic E-state index is 13.1. The second kappa shape index (κ2) is 3.37. The summed E-state index contributed by atoms with van der Waals surface area (Å²) in [6.07, 6.45) is 1.77. The van der Waals surface area contributed by atoms with Crippen LogP contribution in [0.5, 0.6) is 0 Å². The summed E-state index contributed by atoms with van der Waals surface area (Å²) in [6.45, 7) is 4.12. The molecule has 2 aromatic rings. The summed E-state index contributed by atoms with van der Waals surface area (Å²) in [5.41, 5.74) is 0.960. The lowest BCUT2D eigenvalue weighted by Crippen LogP contribution is -1.93. The Morgan fingerprint density at radius 1 is 1.21 bits per heavy atom. The van der Waals surface area contributed by atoms with Crippen LogP contribution in [0.4, 0.5) is 4.39 Å². The van der Waals surface area contributed by atoms with Crippen LogP contribution < -0.4 is 0 Å². The van der Waals surface area contributed by atoms with E-state index in [0.717, 1.165) is 16.5 Å². The van der Waals surface area contributed by atoms with Crippen LogP contribution in [-0.2, 0) is 0 Å². The van der Waals surface area contributed by atoms with Gasteiger partial charge in [-0.1, -0.05) is 19.9 Å². The zero-order chi connectivity index (χ0) is 10.1. The van der Waals surface area contributed by atoms with E-state index in [-0.39, 0.29) is 5.82 Å². The molecule has 0 aliphatic rings. The molecule has 0 fully saturated rings. The van der Waals surface area contributed by atoms with E-state index in [4.69, 9.17) is 0 Å². The predicted octanol–water partition coefficient (Wildman–Crippen LogP) is 3.50. The summed E-state index contributed by atoms with van der Waals surface area (Å²) in [5.74, 6) is 0.118. The molecular formula is C12H12FN. The van der Waals surface area contributed by atoms with E-state index >= 15 is 0 Å². The Bertz CT molecular complexity index is 463. The van der Waals surface area contributed by atoms with E-state index in [1.807, 2.05) is 6.07 Å². The van der Waals surface area contributed by atoms with Gasteiger partial charge in [-0.15, -0.1) is 0 Å². The van der Waals surface area contributed by atoms with Crippen molar-refractivity contribution < 1.29 is 4.39 Å². The van der Waals surface area contributed by atoms with Crippen molar-refractivity contribution in [2.75, 3.05) is 0 Å². The first-order chi connectivity index (χ1) is 6.68. The average Bonchev–Trinajstić information content (AvgIpc) is 2.16. The van der Waals surface area contributed by atoms with E-state index in [0.29, 0.717) is 5.92 Å². The molecule has 0 bridgehead atoms. The number of rotatable bonds is 1. The molecule has 14 heavy (non-hydrogen) atoms. The number of halogens is 1. The maximum absolute atomic E-state index is 13.1. The van der Waals surface area contributed by atoms with Crippen LogP contribution >= 0.6 is 0 Å². The lowest BCUT2D eigenvalue weighted by atomic mass is 10.0. The molecule has 0 N–H and O–H groups in total. The SMILES string of the molecule is CC(C)c1nccc2ccc(F)cc12. The Labute approximate surface area is 82.6 Å². The van der Waals surface area contributed by atoms with Crippen LogP contribution in [-0.4, -0.2) is 4.98 Å². The van der Waals surface area contributed by atoms with Gasteiger partial charge in [0.15, 0.2) is 0 Å². The minimum Gasteiger partial charge on any atom is -0.260 e. The van der Waals surface area contributed by atoms with Gasteiger partial charge in [0, 0.05) is 11.6 Å². The molecule has 0 saturated heterocycles. The fourth-order valence-corrected chi connectivity index (χ4v) is 1.62. The topological polar surface area (TPSA) is 12.9 Å². The Kier molecular flexibility index (Phi) is 2.20. The fourth-order valence-electron chi connectivity index (χ4n) is 1.62. The van der Waals surface area contributed by atoms with Crippen molar-refractivity contribution in [1.82, 2.24) is 4.98 Å². The molecule has 0 saturated carbocycles. The third kappa shape index (κ3) is 1.48. The first-order valence-corrected chi connectivity index (χ1v) is 4.72. The smallest absolute Gasteiger partial charge is 0.123 e. The van der Waals surface area contributed by atoms with E-state index in [1.54, 1.807) is 18.3 Å². The monoisotopic (exact) mass is 189 g/mol. The summed E-state index contributed by atoms with van der Waals surface area (Å²) in [5, 5.41) is 1.97. The molecule has 1 aromatic heterocycles. The molecule has 0 atom stereocenters. The first kappa shape index (κ1) is 9.13. The van der Waals surface area contributed by atoms with Crippen LogP contribution in [0.25, 0.3) is 10.8 Å². The summed E-state index contributed by atoms with van der Waals surface area (Å²) in [7, 11) is 0. The molecule has 0 radical (unpaired) electrons. The molecule has 0 spiro atoms. The molecule has 1 heterocycles. The van der Waals surface area contributed by atoms with Gasteiger partial charge in [-0.05, 0) is 29.5 Å². The van der Waals surface area contributed by atoms with E-state index in [9.17, 15) is 4.39 Å².